The summed E-state index contributed by atoms with van der Waals surface area (Å²) < 4.78 is 5.59. The van der Waals surface area contributed by atoms with Crippen LogP contribution in [0, 0.1) is 0 Å². The van der Waals surface area contributed by atoms with E-state index in [2.05, 4.69) is 12.2 Å². The van der Waals surface area contributed by atoms with E-state index in [4.69, 9.17) is 10.5 Å². The van der Waals surface area contributed by atoms with Gasteiger partial charge in [-0.2, -0.15) is 0 Å². The zero-order valence-corrected chi connectivity index (χ0v) is 10.4. The van der Waals surface area contributed by atoms with Crippen LogP contribution < -0.4 is 15.8 Å². The zero-order valence-electron chi connectivity index (χ0n) is 10.4. The first-order valence-electron chi connectivity index (χ1n) is 5.86. The summed E-state index contributed by atoms with van der Waals surface area (Å²) in [7, 11) is 1.92. The van der Waals surface area contributed by atoms with E-state index in [0.717, 1.165) is 17.7 Å². The van der Waals surface area contributed by atoms with Crippen molar-refractivity contribution in [1.29, 1.82) is 0 Å². The third-order valence-electron chi connectivity index (χ3n) is 2.66. The molecule has 0 fully saturated rings. The van der Waals surface area contributed by atoms with Crippen LogP contribution in [0.15, 0.2) is 24.3 Å². The largest absolute Gasteiger partial charge is 0.493 e. The first kappa shape index (κ1) is 13.5. The Labute approximate surface area is 102 Å². The summed E-state index contributed by atoms with van der Waals surface area (Å²) in [5, 5.41) is 3.24. The minimum Gasteiger partial charge on any atom is -0.493 e. The predicted molar refractivity (Wildman–Crippen MR) is 67.8 cm³/mol. The van der Waals surface area contributed by atoms with Gasteiger partial charge in [0.25, 0.3) is 0 Å². The molecule has 0 heterocycles. The third-order valence-corrected chi connectivity index (χ3v) is 2.66. The van der Waals surface area contributed by atoms with Gasteiger partial charge in [-0.05, 0) is 19.5 Å². The lowest BCUT2D eigenvalue weighted by atomic mass is 10.0. The third kappa shape index (κ3) is 4.07. The summed E-state index contributed by atoms with van der Waals surface area (Å²) in [6, 6.07) is 8.11. The number of rotatable bonds is 7. The highest BCUT2D eigenvalue weighted by Crippen LogP contribution is 2.26. The maximum absolute atomic E-state index is 10.7. The van der Waals surface area contributed by atoms with Gasteiger partial charge in [-0.3, -0.25) is 4.79 Å². The molecular formula is C13H20N2O2. The molecule has 4 heteroatoms. The number of hydrogen-bond acceptors (Lipinski definition) is 3. The number of carbonyl (C=O) groups is 1. The summed E-state index contributed by atoms with van der Waals surface area (Å²) in [5.74, 6) is 0.470. The molecule has 1 unspecified atom stereocenters. The number of amides is 1. The fraction of sp³-hybridized carbons (Fsp3) is 0.462. The molecular weight excluding hydrogens is 216 g/mol. The van der Waals surface area contributed by atoms with Crippen LogP contribution in [-0.4, -0.2) is 19.6 Å². The number of hydrogen-bond donors (Lipinski definition) is 2. The van der Waals surface area contributed by atoms with Crippen LogP contribution >= 0.6 is 0 Å². The second-order valence-electron chi connectivity index (χ2n) is 3.85. The number of benzene rings is 1. The van der Waals surface area contributed by atoms with Crippen LogP contribution in [0.2, 0.25) is 0 Å². The van der Waals surface area contributed by atoms with E-state index in [1.54, 1.807) is 0 Å². The quantitative estimate of drug-likeness (QED) is 0.756. The van der Waals surface area contributed by atoms with Crippen molar-refractivity contribution in [3.63, 3.8) is 0 Å². The van der Waals surface area contributed by atoms with Crippen LogP contribution in [0.1, 0.15) is 31.4 Å². The van der Waals surface area contributed by atoms with Gasteiger partial charge in [0.2, 0.25) is 5.91 Å². The highest BCUT2D eigenvalue weighted by atomic mass is 16.5. The lowest BCUT2D eigenvalue weighted by Crippen LogP contribution is -2.18. The molecule has 1 rings (SSSR count). The molecule has 17 heavy (non-hydrogen) atoms. The highest BCUT2D eigenvalue weighted by Gasteiger charge is 2.12. The Morgan fingerprint density at radius 2 is 2.18 bits per heavy atom. The van der Waals surface area contributed by atoms with Gasteiger partial charge in [0.1, 0.15) is 5.75 Å². The van der Waals surface area contributed by atoms with Gasteiger partial charge >= 0.3 is 0 Å². The Morgan fingerprint density at radius 3 is 2.76 bits per heavy atom. The summed E-state index contributed by atoms with van der Waals surface area (Å²) in [6.07, 6.45) is 1.22. The molecule has 1 amide bonds. The van der Waals surface area contributed by atoms with Crippen LogP contribution in [-0.2, 0) is 4.79 Å². The fourth-order valence-corrected chi connectivity index (χ4v) is 1.74. The van der Waals surface area contributed by atoms with E-state index in [-0.39, 0.29) is 18.4 Å². The molecule has 3 N–H and O–H groups in total. The first-order chi connectivity index (χ1) is 8.19. The standard InChI is InChI=1S/C13H20N2O2/c1-3-11(15-2)10-6-4-5-7-12(10)17-9-8-13(14)16/h4-7,11,15H,3,8-9H2,1-2H3,(H2,14,16). The molecule has 1 aromatic rings. The van der Waals surface area contributed by atoms with Gasteiger partial charge in [-0.25, -0.2) is 0 Å². The number of nitrogens with one attached hydrogen (secondary N) is 1. The molecule has 4 nitrogen and oxygen atoms in total. The molecule has 0 radical (unpaired) electrons. The molecule has 0 aliphatic rings. The SMILES string of the molecule is CCC(NC)c1ccccc1OCCC(N)=O. The van der Waals surface area contributed by atoms with Gasteiger partial charge in [0.05, 0.1) is 13.0 Å². The maximum atomic E-state index is 10.7. The van der Waals surface area contributed by atoms with Gasteiger partial charge in [-0.15, -0.1) is 0 Å². The van der Waals surface area contributed by atoms with Crippen molar-refractivity contribution in [2.75, 3.05) is 13.7 Å². The van der Waals surface area contributed by atoms with E-state index in [9.17, 15) is 4.79 Å². The average Bonchev–Trinajstić information content (AvgIpc) is 2.32. The van der Waals surface area contributed by atoms with Crippen molar-refractivity contribution in [3.05, 3.63) is 29.8 Å². The summed E-state index contributed by atoms with van der Waals surface area (Å²) in [4.78, 5) is 10.7. The topological polar surface area (TPSA) is 64.3 Å². The van der Waals surface area contributed by atoms with Crippen molar-refractivity contribution in [1.82, 2.24) is 5.32 Å². The Bertz CT molecular complexity index is 362. The minimum atomic E-state index is -0.344. The number of ether oxygens (including phenoxy) is 1. The highest BCUT2D eigenvalue weighted by molar-refractivity contribution is 5.73. The van der Waals surface area contributed by atoms with Crippen molar-refractivity contribution in [3.8, 4) is 5.75 Å². The molecule has 0 aromatic heterocycles. The Hall–Kier alpha value is -1.55. The minimum absolute atomic E-state index is 0.241. The van der Waals surface area contributed by atoms with Crippen LogP contribution in [0.5, 0.6) is 5.75 Å². The molecule has 0 saturated carbocycles. The maximum Gasteiger partial charge on any atom is 0.220 e. The summed E-state index contributed by atoms with van der Waals surface area (Å²) in [6.45, 7) is 2.44. The van der Waals surface area contributed by atoms with Crippen molar-refractivity contribution in [2.24, 2.45) is 5.73 Å². The van der Waals surface area contributed by atoms with E-state index < -0.39 is 0 Å². The predicted octanol–water partition coefficient (Wildman–Crippen LogP) is 1.61. The second-order valence-corrected chi connectivity index (χ2v) is 3.85. The number of para-hydroxylation sites is 1. The van der Waals surface area contributed by atoms with E-state index >= 15 is 0 Å². The molecule has 0 aliphatic heterocycles. The lowest BCUT2D eigenvalue weighted by molar-refractivity contribution is -0.118. The van der Waals surface area contributed by atoms with E-state index in [0.29, 0.717) is 6.61 Å². The molecule has 1 atom stereocenters. The molecule has 0 saturated heterocycles. The molecule has 0 spiro atoms. The number of primary amides is 1. The molecule has 0 bridgehead atoms. The lowest BCUT2D eigenvalue weighted by Gasteiger charge is -2.18. The van der Waals surface area contributed by atoms with Crippen LogP contribution in [0.25, 0.3) is 0 Å². The van der Waals surface area contributed by atoms with Gasteiger partial charge < -0.3 is 15.8 Å². The van der Waals surface area contributed by atoms with E-state index in [1.165, 1.54) is 0 Å². The van der Waals surface area contributed by atoms with Crippen LogP contribution in [0.3, 0.4) is 0 Å². The Morgan fingerprint density at radius 1 is 1.47 bits per heavy atom. The fourth-order valence-electron chi connectivity index (χ4n) is 1.74. The summed E-state index contributed by atoms with van der Waals surface area (Å²) >= 11 is 0. The van der Waals surface area contributed by atoms with Gasteiger partial charge in [0, 0.05) is 11.6 Å². The molecule has 94 valence electrons. The van der Waals surface area contributed by atoms with Crippen molar-refractivity contribution in [2.45, 2.75) is 25.8 Å². The molecule has 0 aliphatic carbocycles. The number of carbonyl (C=O) groups excluding carboxylic acids is 1. The Balaban J connectivity index is 2.73. The Kier molecular flexibility index (Phi) is 5.49. The average molecular weight is 236 g/mol. The van der Waals surface area contributed by atoms with Crippen LogP contribution in [0.4, 0.5) is 0 Å². The van der Waals surface area contributed by atoms with Crippen molar-refractivity contribution < 1.29 is 9.53 Å². The second kappa shape index (κ2) is 6.91. The smallest absolute Gasteiger partial charge is 0.220 e. The van der Waals surface area contributed by atoms with Gasteiger partial charge in [-0.1, -0.05) is 25.1 Å². The first-order valence-corrected chi connectivity index (χ1v) is 5.86. The zero-order chi connectivity index (χ0) is 12.7. The van der Waals surface area contributed by atoms with Gasteiger partial charge in [0.15, 0.2) is 0 Å². The molecule has 1 aromatic carbocycles. The summed E-state index contributed by atoms with van der Waals surface area (Å²) in [5.41, 5.74) is 6.19. The monoisotopic (exact) mass is 236 g/mol. The number of nitrogens with two attached hydrogens (primary N) is 1. The van der Waals surface area contributed by atoms with Crippen molar-refractivity contribution >= 4 is 5.91 Å². The van der Waals surface area contributed by atoms with E-state index in [1.807, 2.05) is 31.3 Å². The normalized spacial score (nSPS) is 12.1.